The van der Waals surface area contributed by atoms with E-state index in [1.807, 2.05) is 30.7 Å². The van der Waals surface area contributed by atoms with Crippen molar-refractivity contribution in [1.82, 2.24) is 15.1 Å². The van der Waals surface area contributed by atoms with Crippen LogP contribution < -0.4 is 5.32 Å². The molecule has 0 spiro atoms. The molecule has 22 heavy (non-hydrogen) atoms. The summed E-state index contributed by atoms with van der Waals surface area (Å²) in [5.41, 5.74) is 3.93. The Morgan fingerprint density at radius 2 is 1.95 bits per heavy atom. The van der Waals surface area contributed by atoms with Crippen LogP contribution in [-0.4, -0.2) is 33.1 Å². The van der Waals surface area contributed by atoms with Crippen LogP contribution >= 0.6 is 11.6 Å². The first-order valence-electron chi connectivity index (χ1n) is 7.31. The summed E-state index contributed by atoms with van der Waals surface area (Å²) in [5, 5.41) is 27.5. The van der Waals surface area contributed by atoms with Crippen LogP contribution in [0.15, 0.2) is 24.3 Å². The van der Waals surface area contributed by atoms with Crippen molar-refractivity contribution < 1.29 is 10.2 Å². The molecule has 0 fully saturated rings. The molecule has 0 aliphatic rings. The van der Waals surface area contributed by atoms with Gasteiger partial charge in [-0.25, -0.2) is 0 Å². The fourth-order valence-electron chi connectivity index (χ4n) is 2.44. The number of hydrogen-bond acceptors (Lipinski definition) is 4. The van der Waals surface area contributed by atoms with Gasteiger partial charge in [0.1, 0.15) is 0 Å². The Balaban J connectivity index is 1.92. The number of aromatic nitrogens is 2. The highest BCUT2D eigenvalue weighted by Gasteiger charge is 2.12. The summed E-state index contributed by atoms with van der Waals surface area (Å²) in [6, 6.07) is 7.19. The van der Waals surface area contributed by atoms with Crippen molar-refractivity contribution >= 4 is 11.6 Å². The van der Waals surface area contributed by atoms with Crippen LogP contribution in [0.4, 0.5) is 0 Å². The Morgan fingerprint density at radius 1 is 1.27 bits per heavy atom. The van der Waals surface area contributed by atoms with Gasteiger partial charge in [-0.1, -0.05) is 23.7 Å². The summed E-state index contributed by atoms with van der Waals surface area (Å²) in [6.45, 7) is 5.60. The number of halogens is 1. The SMILES string of the molecule is Cc1nn(CCO)c(C)c1CNC[C@H](O)c1ccc(Cl)cc1. The second kappa shape index (κ2) is 7.74. The summed E-state index contributed by atoms with van der Waals surface area (Å²) in [4.78, 5) is 0. The summed E-state index contributed by atoms with van der Waals surface area (Å²) in [7, 11) is 0. The number of aliphatic hydroxyl groups excluding tert-OH is 2. The van der Waals surface area contributed by atoms with Gasteiger partial charge in [-0.3, -0.25) is 4.68 Å². The Morgan fingerprint density at radius 3 is 2.59 bits per heavy atom. The molecule has 6 heteroatoms. The van der Waals surface area contributed by atoms with E-state index in [0.717, 1.165) is 22.5 Å². The van der Waals surface area contributed by atoms with Crippen molar-refractivity contribution in [3.05, 3.63) is 51.8 Å². The zero-order valence-corrected chi connectivity index (χ0v) is 13.6. The lowest BCUT2D eigenvalue weighted by Crippen LogP contribution is -2.21. The maximum absolute atomic E-state index is 10.2. The zero-order chi connectivity index (χ0) is 16.1. The molecule has 0 saturated heterocycles. The standard InChI is InChI=1S/C16H22ClN3O2/c1-11-15(12(2)20(19-11)7-8-21)9-18-10-16(22)13-3-5-14(17)6-4-13/h3-6,16,18,21-22H,7-10H2,1-2H3/t16-/m0/s1. The second-order valence-corrected chi connectivity index (χ2v) is 5.73. The number of benzene rings is 1. The molecule has 1 aromatic heterocycles. The number of nitrogens with zero attached hydrogens (tertiary/aromatic N) is 2. The Bertz CT molecular complexity index is 611. The molecule has 0 saturated carbocycles. The molecule has 5 nitrogen and oxygen atoms in total. The molecular weight excluding hydrogens is 302 g/mol. The summed E-state index contributed by atoms with van der Waals surface area (Å²) < 4.78 is 1.81. The first-order chi connectivity index (χ1) is 10.5. The highest BCUT2D eigenvalue weighted by molar-refractivity contribution is 6.30. The van der Waals surface area contributed by atoms with Gasteiger partial charge in [-0.2, -0.15) is 5.10 Å². The Kier molecular flexibility index (Phi) is 5.97. The van der Waals surface area contributed by atoms with Crippen LogP contribution in [0, 0.1) is 13.8 Å². The number of rotatable bonds is 7. The molecule has 1 heterocycles. The summed E-state index contributed by atoms with van der Waals surface area (Å²) in [6.07, 6.45) is -0.578. The van der Waals surface area contributed by atoms with Gasteiger partial charge in [0.25, 0.3) is 0 Å². The lowest BCUT2D eigenvalue weighted by atomic mass is 10.1. The van der Waals surface area contributed by atoms with E-state index in [1.54, 1.807) is 12.1 Å². The molecule has 0 aliphatic heterocycles. The van der Waals surface area contributed by atoms with Crippen LogP contribution in [0.5, 0.6) is 0 Å². The minimum Gasteiger partial charge on any atom is -0.394 e. The van der Waals surface area contributed by atoms with E-state index in [9.17, 15) is 5.11 Å². The molecule has 0 bridgehead atoms. The average molecular weight is 324 g/mol. The third-order valence-corrected chi connectivity index (χ3v) is 3.99. The minimum absolute atomic E-state index is 0.0735. The molecule has 0 amide bonds. The van der Waals surface area contributed by atoms with Crippen molar-refractivity contribution in [2.45, 2.75) is 33.0 Å². The molecule has 1 atom stereocenters. The van der Waals surface area contributed by atoms with E-state index in [2.05, 4.69) is 10.4 Å². The van der Waals surface area contributed by atoms with E-state index >= 15 is 0 Å². The lowest BCUT2D eigenvalue weighted by molar-refractivity contribution is 0.174. The van der Waals surface area contributed by atoms with Gasteiger partial charge in [0.2, 0.25) is 0 Å². The number of aryl methyl sites for hydroxylation is 1. The van der Waals surface area contributed by atoms with Crippen LogP contribution in [-0.2, 0) is 13.1 Å². The van der Waals surface area contributed by atoms with Crippen molar-refractivity contribution in [3.63, 3.8) is 0 Å². The molecule has 0 radical (unpaired) electrons. The molecule has 1 aromatic carbocycles. The highest BCUT2D eigenvalue weighted by atomic mass is 35.5. The third kappa shape index (κ3) is 4.08. The first-order valence-corrected chi connectivity index (χ1v) is 7.68. The molecular formula is C16H22ClN3O2. The van der Waals surface area contributed by atoms with E-state index in [-0.39, 0.29) is 6.61 Å². The van der Waals surface area contributed by atoms with Gasteiger partial charge in [-0.15, -0.1) is 0 Å². The largest absolute Gasteiger partial charge is 0.394 e. The highest BCUT2D eigenvalue weighted by Crippen LogP contribution is 2.17. The van der Waals surface area contributed by atoms with E-state index in [4.69, 9.17) is 16.7 Å². The topological polar surface area (TPSA) is 70.3 Å². The molecule has 0 unspecified atom stereocenters. The Hall–Kier alpha value is -1.40. The van der Waals surface area contributed by atoms with Crippen molar-refractivity contribution in [2.75, 3.05) is 13.2 Å². The predicted molar refractivity (Wildman–Crippen MR) is 86.9 cm³/mol. The number of nitrogens with one attached hydrogen (secondary N) is 1. The quantitative estimate of drug-likeness (QED) is 0.728. The van der Waals surface area contributed by atoms with Crippen molar-refractivity contribution in [1.29, 1.82) is 0 Å². The van der Waals surface area contributed by atoms with Gasteiger partial charge in [0.15, 0.2) is 0 Å². The smallest absolute Gasteiger partial charge is 0.0914 e. The second-order valence-electron chi connectivity index (χ2n) is 5.29. The minimum atomic E-state index is -0.578. The monoisotopic (exact) mass is 323 g/mol. The maximum atomic E-state index is 10.2. The van der Waals surface area contributed by atoms with Crippen LogP contribution in [0.25, 0.3) is 0 Å². The fourth-order valence-corrected chi connectivity index (χ4v) is 2.56. The maximum Gasteiger partial charge on any atom is 0.0914 e. The normalized spacial score (nSPS) is 12.6. The third-order valence-electron chi connectivity index (χ3n) is 3.74. The van der Waals surface area contributed by atoms with Gasteiger partial charge >= 0.3 is 0 Å². The predicted octanol–water partition coefficient (Wildman–Crippen LogP) is 1.97. The van der Waals surface area contributed by atoms with Crippen molar-refractivity contribution in [3.8, 4) is 0 Å². The van der Waals surface area contributed by atoms with E-state index in [1.165, 1.54) is 0 Å². The molecule has 2 aromatic rings. The molecule has 120 valence electrons. The van der Waals surface area contributed by atoms with Gasteiger partial charge in [-0.05, 0) is 31.5 Å². The van der Waals surface area contributed by atoms with Gasteiger partial charge in [0, 0.05) is 29.4 Å². The molecule has 0 aliphatic carbocycles. The van der Waals surface area contributed by atoms with E-state index in [0.29, 0.717) is 24.7 Å². The average Bonchev–Trinajstić information content (AvgIpc) is 2.75. The number of hydrogen-bond donors (Lipinski definition) is 3. The summed E-state index contributed by atoms with van der Waals surface area (Å²) >= 11 is 5.84. The lowest BCUT2D eigenvalue weighted by Gasteiger charge is -2.12. The number of aliphatic hydroxyl groups is 2. The Labute approximate surface area is 135 Å². The van der Waals surface area contributed by atoms with Crippen LogP contribution in [0.3, 0.4) is 0 Å². The molecule has 2 rings (SSSR count). The van der Waals surface area contributed by atoms with E-state index < -0.39 is 6.10 Å². The summed E-state index contributed by atoms with van der Waals surface area (Å²) in [5.74, 6) is 0. The first kappa shape index (κ1) is 17.0. The van der Waals surface area contributed by atoms with Gasteiger partial charge < -0.3 is 15.5 Å². The van der Waals surface area contributed by atoms with Crippen LogP contribution in [0.2, 0.25) is 5.02 Å². The zero-order valence-electron chi connectivity index (χ0n) is 12.9. The van der Waals surface area contributed by atoms with Crippen LogP contribution in [0.1, 0.15) is 28.6 Å². The molecule has 3 N–H and O–H groups in total. The fraction of sp³-hybridized carbons (Fsp3) is 0.438. The van der Waals surface area contributed by atoms with Crippen molar-refractivity contribution in [2.24, 2.45) is 0 Å². The van der Waals surface area contributed by atoms with Gasteiger partial charge in [0.05, 0.1) is 24.9 Å².